The number of benzene rings is 2. The van der Waals surface area contributed by atoms with Crippen LogP contribution < -0.4 is 0 Å². The number of fused-ring (bicyclic) bond motifs is 2. The number of ether oxygens (including phenoxy) is 1. The van der Waals surface area contributed by atoms with Crippen LogP contribution in [0.1, 0.15) is 39.0 Å². The highest BCUT2D eigenvalue weighted by atomic mass is 19.1. The minimum absolute atomic E-state index is 0.111. The number of aromatic nitrogens is 3. The Morgan fingerprint density at radius 3 is 2.71 bits per heavy atom. The molecule has 0 bridgehead atoms. The number of carbonyl (C=O) groups is 1. The van der Waals surface area contributed by atoms with Gasteiger partial charge in [0.1, 0.15) is 11.9 Å². The summed E-state index contributed by atoms with van der Waals surface area (Å²) in [6, 6.07) is 14.4. The van der Waals surface area contributed by atoms with Gasteiger partial charge in [0.25, 0.3) is 5.91 Å². The number of carbonyl (C=O) groups excluding carboxylic acids is 1. The molecule has 0 radical (unpaired) electrons. The number of nitrogens with zero attached hydrogens (tertiary/aromatic N) is 4. The maximum absolute atomic E-state index is 13.1. The Hall–Kier alpha value is -3.06. The van der Waals surface area contributed by atoms with E-state index in [2.05, 4.69) is 22.4 Å². The van der Waals surface area contributed by atoms with Gasteiger partial charge in [-0.15, -0.1) is 5.10 Å². The average molecular weight is 378 g/mol. The molecular weight excluding hydrogens is 359 g/mol. The van der Waals surface area contributed by atoms with Crippen molar-refractivity contribution in [2.24, 2.45) is 0 Å². The molecule has 2 aliphatic rings. The summed E-state index contributed by atoms with van der Waals surface area (Å²) in [6.45, 7) is 1.95. The van der Waals surface area contributed by atoms with Crippen molar-refractivity contribution < 1.29 is 13.9 Å². The highest BCUT2D eigenvalue weighted by molar-refractivity contribution is 5.93. The summed E-state index contributed by atoms with van der Waals surface area (Å²) in [5, 5.41) is 8.33. The number of hydrogen-bond acceptors (Lipinski definition) is 4. The molecule has 0 aliphatic carbocycles. The summed E-state index contributed by atoms with van der Waals surface area (Å²) < 4.78 is 20.8. The van der Waals surface area contributed by atoms with Gasteiger partial charge in [-0.2, -0.15) is 0 Å². The third kappa shape index (κ3) is 2.97. The summed E-state index contributed by atoms with van der Waals surface area (Å²) in [7, 11) is 0. The quantitative estimate of drug-likeness (QED) is 0.688. The van der Waals surface area contributed by atoms with Crippen molar-refractivity contribution in [3.63, 3.8) is 0 Å². The van der Waals surface area contributed by atoms with Gasteiger partial charge in [-0.05, 0) is 35.2 Å². The van der Waals surface area contributed by atoms with E-state index in [1.165, 1.54) is 23.3 Å². The molecule has 0 N–H and O–H groups in total. The molecule has 1 amide bonds. The molecule has 28 heavy (non-hydrogen) atoms. The largest absolute Gasteiger partial charge is 0.365 e. The third-order valence-electron chi connectivity index (χ3n) is 5.46. The van der Waals surface area contributed by atoms with Crippen LogP contribution in [0.5, 0.6) is 0 Å². The van der Waals surface area contributed by atoms with Gasteiger partial charge in [0.15, 0.2) is 5.69 Å². The van der Waals surface area contributed by atoms with E-state index in [4.69, 9.17) is 4.74 Å². The molecule has 1 atom stereocenters. The molecule has 0 saturated carbocycles. The number of hydrogen-bond donors (Lipinski definition) is 0. The van der Waals surface area contributed by atoms with E-state index in [-0.39, 0.29) is 24.4 Å². The van der Waals surface area contributed by atoms with Crippen molar-refractivity contribution in [3.8, 4) is 0 Å². The van der Waals surface area contributed by atoms with Crippen molar-refractivity contribution in [3.05, 3.63) is 82.4 Å². The van der Waals surface area contributed by atoms with E-state index in [0.29, 0.717) is 31.0 Å². The van der Waals surface area contributed by atoms with Crippen LogP contribution >= 0.6 is 0 Å². The first-order valence-electron chi connectivity index (χ1n) is 9.34. The van der Waals surface area contributed by atoms with Crippen LogP contribution in [0.4, 0.5) is 4.39 Å². The van der Waals surface area contributed by atoms with Crippen LogP contribution in [0.3, 0.4) is 0 Å². The molecule has 142 valence electrons. The van der Waals surface area contributed by atoms with Gasteiger partial charge < -0.3 is 9.64 Å². The average Bonchev–Trinajstić information content (AvgIpc) is 3.16. The lowest BCUT2D eigenvalue weighted by molar-refractivity contribution is -0.00200. The third-order valence-corrected chi connectivity index (χ3v) is 5.46. The lowest BCUT2D eigenvalue weighted by atomic mass is 9.99. The first-order chi connectivity index (χ1) is 13.7. The fraction of sp³-hybridized carbons (Fsp3) is 0.286. The van der Waals surface area contributed by atoms with E-state index in [1.807, 2.05) is 17.0 Å². The monoisotopic (exact) mass is 378 g/mol. The van der Waals surface area contributed by atoms with E-state index in [9.17, 15) is 9.18 Å². The topological polar surface area (TPSA) is 60.3 Å². The van der Waals surface area contributed by atoms with Crippen LogP contribution in [0, 0.1) is 5.82 Å². The lowest BCUT2D eigenvalue weighted by Crippen LogP contribution is -2.37. The molecule has 1 aromatic heterocycles. The first kappa shape index (κ1) is 17.1. The molecule has 0 fully saturated rings. The van der Waals surface area contributed by atoms with Crippen molar-refractivity contribution in [2.45, 2.75) is 32.2 Å². The van der Waals surface area contributed by atoms with Crippen LogP contribution in [-0.2, 0) is 30.9 Å². The van der Waals surface area contributed by atoms with E-state index >= 15 is 0 Å². The second-order valence-electron chi connectivity index (χ2n) is 7.16. The summed E-state index contributed by atoms with van der Waals surface area (Å²) in [6.07, 6.45) is 0.605. The van der Waals surface area contributed by atoms with Gasteiger partial charge in [0.05, 0.1) is 18.8 Å². The zero-order valence-electron chi connectivity index (χ0n) is 15.2. The summed E-state index contributed by atoms with van der Waals surface area (Å²) in [4.78, 5) is 14.9. The molecule has 6 nitrogen and oxygen atoms in total. The maximum Gasteiger partial charge on any atom is 0.276 e. The highest BCUT2D eigenvalue weighted by Gasteiger charge is 2.31. The molecule has 5 rings (SSSR count). The Morgan fingerprint density at radius 2 is 1.89 bits per heavy atom. The summed E-state index contributed by atoms with van der Waals surface area (Å²) in [5.74, 6) is -0.392. The maximum atomic E-state index is 13.1. The normalized spacial score (nSPS) is 18.5. The van der Waals surface area contributed by atoms with Crippen molar-refractivity contribution >= 4 is 5.91 Å². The zero-order chi connectivity index (χ0) is 19.1. The second kappa shape index (κ2) is 6.83. The Labute approximate surface area is 161 Å². The van der Waals surface area contributed by atoms with Gasteiger partial charge in [-0.1, -0.05) is 41.6 Å². The van der Waals surface area contributed by atoms with Crippen LogP contribution in [0.2, 0.25) is 0 Å². The second-order valence-corrected chi connectivity index (χ2v) is 7.16. The number of amides is 1. The predicted octanol–water partition coefficient (Wildman–Crippen LogP) is 2.89. The molecule has 1 unspecified atom stereocenters. The Morgan fingerprint density at radius 1 is 1.11 bits per heavy atom. The van der Waals surface area contributed by atoms with Gasteiger partial charge in [0.2, 0.25) is 0 Å². The van der Waals surface area contributed by atoms with Crippen LogP contribution in [-0.4, -0.2) is 32.3 Å². The molecule has 2 aliphatic heterocycles. The smallest absolute Gasteiger partial charge is 0.276 e. The minimum Gasteiger partial charge on any atom is -0.365 e. The molecule has 7 heteroatoms. The molecule has 0 saturated heterocycles. The van der Waals surface area contributed by atoms with Crippen molar-refractivity contribution in [1.82, 2.24) is 19.9 Å². The molecule has 2 aromatic carbocycles. The molecule has 0 spiro atoms. The molecular formula is C21H19FN4O2. The molecule has 3 heterocycles. The van der Waals surface area contributed by atoms with Crippen LogP contribution in [0.15, 0.2) is 48.5 Å². The van der Waals surface area contributed by atoms with Crippen LogP contribution in [0.25, 0.3) is 0 Å². The summed E-state index contributed by atoms with van der Waals surface area (Å²) in [5.41, 5.74) is 4.40. The Kier molecular flexibility index (Phi) is 4.16. The molecule has 3 aromatic rings. The number of halogens is 1. The van der Waals surface area contributed by atoms with E-state index < -0.39 is 0 Å². The standard InChI is InChI=1S/C21H19FN4O2/c22-17-7-5-15(6-8-17)19-12-26-18(13-28-19)20(23-24-26)21(27)25-10-9-14-3-1-2-4-16(14)11-25/h1-8,19H,9-13H2. The predicted molar refractivity (Wildman–Crippen MR) is 98.8 cm³/mol. The minimum atomic E-state index is -0.281. The Bertz CT molecular complexity index is 1030. The van der Waals surface area contributed by atoms with Gasteiger partial charge >= 0.3 is 0 Å². The van der Waals surface area contributed by atoms with E-state index in [1.54, 1.807) is 16.8 Å². The van der Waals surface area contributed by atoms with Gasteiger partial charge in [0, 0.05) is 13.1 Å². The lowest BCUT2D eigenvalue weighted by Gasteiger charge is -2.29. The SMILES string of the molecule is O=C(c1nnn2c1COC(c1ccc(F)cc1)C2)N1CCc2ccccc2C1. The highest BCUT2D eigenvalue weighted by Crippen LogP contribution is 2.28. The fourth-order valence-electron chi connectivity index (χ4n) is 3.88. The van der Waals surface area contributed by atoms with Gasteiger partial charge in [-0.3, -0.25) is 4.79 Å². The zero-order valence-corrected chi connectivity index (χ0v) is 15.2. The Balaban J connectivity index is 1.35. The number of rotatable bonds is 2. The van der Waals surface area contributed by atoms with Crippen molar-refractivity contribution in [1.29, 1.82) is 0 Å². The van der Waals surface area contributed by atoms with E-state index in [0.717, 1.165) is 12.0 Å². The fourth-order valence-corrected chi connectivity index (χ4v) is 3.88. The first-order valence-corrected chi connectivity index (χ1v) is 9.34. The van der Waals surface area contributed by atoms with Gasteiger partial charge in [-0.25, -0.2) is 9.07 Å². The van der Waals surface area contributed by atoms with Crippen molar-refractivity contribution in [2.75, 3.05) is 6.54 Å². The summed E-state index contributed by atoms with van der Waals surface area (Å²) >= 11 is 0.